The highest BCUT2D eigenvalue weighted by Gasteiger charge is 2.43. The lowest BCUT2D eigenvalue weighted by Crippen LogP contribution is -2.27. The van der Waals surface area contributed by atoms with Crippen LogP contribution in [0.5, 0.6) is 0 Å². The molecule has 0 aromatic heterocycles. The van der Waals surface area contributed by atoms with E-state index in [-0.39, 0.29) is 36.2 Å². The monoisotopic (exact) mass is 474 g/mol. The lowest BCUT2D eigenvalue weighted by atomic mass is 9.98. The Morgan fingerprint density at radius 3 is 2.23 bits per heavy atom. The molecule has 0 radical (unpaired) electrons. The summed E-state index contributed by atoms with van der Waals surface area (Å²) < 4.78 is 20.0. The number of carboxylic acids is 1. The molecular weight excluding hydrogens is 451 g/mol. The number of hydrogen-bond acceptors (Lipinski definition) is 4. The standard InChI is InChI=1S/C27H23FN2O5/c28-24-12-16(9-10-21(24)25(31)29-13-15-11-22(15)26(32)33)30-27(34)35-14-23-19-7-3-1-5-17(19)18-6-2-4-8-20(18)23/h1-10,12,15,22-23H,11,13-14H2,(H,29,31)(H,30,34)(H,32,33). The van der Waals surface area contributed by atoms with Gasteiger partial charge in [-0.05, 0) is 52.8 Å². The maximum Gasteiger partial charge on any atom is 0.411 e. The second kappa shape index (κ2) is 9.21. The van der Waals surface area contributed by atoms with Gasteiger partial charge in [-0.25, -0.2) is 9.18 Å². The molecule has 3 N–H and O–H groups in total. The van der Waals surface area contributed by atoms with E-state index in [9.17, 15) is 18.8 Å². The Labute approximate surface area is 200 Å². The second-order valence-corrected chi connectivity index (χ2v) is 8.80. The largest absolute Gasteiger partial charge is 0.481 e. The zero-order valence-corrected chi connectivity index (χ0v) is 18.7. The summed E-state index contributed by atoms with van der Waals surface area (Å²) in [7, 11) is 0. The van der Waals surface area contributed by atoms with Crippen LogP contribution in [0, 0.1) is 17.7 Å². The van der Waals surface area contributed by atoms with Crippen LogP contribution >= 0.6 is 0 Å². The molecular formula is C27H23FN2O5. The van der Waals surface area contributed by atoms with Crippen molar-refractivity contribution >= 4 is 23.7 Å². The first-order valence-corrected chi connectivity index (χ1v) is 11.3. The number of carboxylic acid groups (broad SMARTS) is 1. The third-order valence-electron chi connectivity index (χ3n) is 6.57. The van der Waals surface area contributed by atoms with E-state index >= 15 is 0 Å². The molecule has 0 bridgehead atoms. The molecule has 0 heterocycles. The number of ether oxygens (including phenoxy) is 1. The first-order chi connectivity index (χ1) is 16.9. The minimum absolute atomic E-state index is 0.0943. The molecule has 2 amide bonds. The van der Waals surface area contributed by atoms with Crippen molar-refractivity contribution in [3.8, 4) is 11.1 Å². The summed E-state index contributed by atoms with van der Waals surface area (Å²) in [6.45, 7) is 0.302. The highest BCUT2D eigenvalue weighted by Crippen LogP contribution is 2.44. The minimum atomic E-state index is -0.890. The van der Waals surface area contributed by atoms with Gasteiger partial charge in [-0.1, -0.05) is 48.5 Å². The van der Waals surface area contributed by atoms with E-state index in [4.69, 9.17) is 9.84 Å². The lowest BCUT2D eigenvalue weighted by Gasteiger charge is -2.15. The number of carbonyl (C=O) groups is 3. The van der Waals surface area contributed by atoms with Crippen molar-refractivity contribution < 1.29 is 28.6 Å². The van der Waals surface area contributed by atoms with E-state index in [1.807, 2.05) is 48.5 Å². The van der Waals surface area contributed by atoms with Gasteiger partial charge < -0.3 is 15.2 Å². The van der Waals surface area contributed by atoms with Crippen LogP contribution in [0.25, 0.3) is 11.1 Å². The molecule has 3 aromatic carbocycles. The molecule has 2 atom stereocenters. The number of anilines is 1. The van der Waals surface area contributed by atoms with Gasteiger partial charge >= 0.3 is 12.1 Å². The number of amides is 2. The number of fused-ring (bicyclic) bond motifs is 3. The van der Waals surface area contributed by atoms with Gasteiger partial charge in [0.1, 0.15) is 12.4 Å². The molecule has 1 fully saturated rings. The summed E-state index contributed by atoms with van der Waals surface area (Å²) in [5.41, 5.74) is 4.38. The Morgan fingerprint density at radius 1 is 0.971 bits per heavy atom. The normalized spacial score (nSPS) is 17.7. The Hall–Kier alpha value is -4.20. The summed E-state index contributed by atoms with van der Waals surface area (Å²) in [4.78, 5) is 35.5. The van der Waals surface area contributed by atoms with Crippen LogP contribution in [-0.4, -0.2) is 36.2 Å². The molecule has 178 valence electrons. The summed E-state index contributed by atoms with van der Waals surface area (Å²) >= 11 is 0. The molecule has 8 heteroatoms. The number of hydrogen-bond donors (Lipinski definition) is 3. The lowest BCUT2D eigenvalue weighted by molar-refractivity contribution is -0.138. The number of benzene rings is 3. The molecule has 35 heavy (non-hydrogen) atoms. The van der Waals surface area contributed by atoms with Crippen molar-refractivity contribution in [2.45, 2.75) is 12.3 Å². The van der Waals surface area contributed by atoms with E-state index in [0.717, 1.165) is 28.3 Å². The molecule has 1 saturated carbocycles. The number of rotatable bonds is 7. The summed E-state index contributed by atoms with van der Waals surface area (Å²) in [5, 5.41) is 14.0. The summed E-state index contributed by atoms with van der Waals surface area (Å²) in [6.07, 6.45) is -0.224. The Morgan fingerprint density at radius 2 is 1.63 bits per heavy atom. The predicted molar refractivity (Wildman–Crippen MR) is 127 cm³/mol. The maximum absolute atomic E-state index is 14.5. The van der Waals surface area contributed by atoms with Crippen LogP contribution in [0.15, 0.2) is 66.7 Å². The molecule has 2 aliphatic rings. The van der Waals surface area contributed by atoms with Crippen LogP contribution < -0.4 is 10.6 Å². The zero-order chi connectivity index (χ0) is 24.5. The van der Waals surface area contributed by atoms with Crippen LogP contribution in [0.2, 0.25) is 0 Å². The predicted octanol–water partition coefficient (Wildman–Crippen LogP) is 4.64. The molecule has 0 saturated heterocycles. The highest BCUT2D eigenvalue weighted by atomic mass is 19.1. The van der Waals surface area contributed by atoms with E-state index in [2.05, 4.69) is 10.6 Å². The summed E-state index contributed by atoms with van der Waals surface area (Å²) in [6, 6.07) is 19.7. The first-order valence-electron chi connectivity index (χ1n) is 11.3. The van der Waals surface area contributed by atoms with Crippen molar-refractivity contribution in [3.63, 3.8) is 0 Å². The van der Waals surface area contributed by atoms with Crippen molar-refractivity contribution in [3.05, 3.63) is 89.2 Å². The molecule has 0 spiro atoms. The van der Waals surface area contributed by atoms with Gasteiger partial charge in [0, 0.05) is 18.2 Å². The topological polar surface area (TPSA) is 105 Å². The average Bonchev–Trinajstić information content (AvgIpc) is 3.57. The highest BCUT2D eigenvalue weighted by molar-refractivity contribution is 5.95. The average molecular weight is 474 g/mol. The van der Waals surface area contributed by atoms with Crippen molar-refractivity contribution in [2.24, 2.45) is 11.8 Å². The summed E-state index contributed by atoms with van der Waals surface area (Å²) in [5.74, 6) is -3.00. The fraction of sp³-hybridized carbons (Fsp3) is 0.222. The van der Waals surface area contributed by atoms with Gasteiger partial charge in [-0.3, -0.25) is 14.9 Å². The van der Waals surface area contributed by atoms with Crippen molar-refractivity contribution in [1.82, 2.24) is 5.32 Å². The Bertz CT molecular complexity index is 1280. The maximum atomic E-state index is 14.5. The van der Waals surface area contributed by atoms with E-state index < -0.39 is 29.7 Å². The van der Waals surface area contributed by atoms with Gasteiger partial charge in [-0.15, -0.1) is 0 Å². The third-order valence-corrected chi connectivity index (χ3v) is 6.57. The van der Waals surface area contributed by atoms with Crippen LogP contribution in [0.1, 0.15) is 33.8 Å². The van der Waals surface area contributed by atoms with Gasteiger partial charge in [0.05, 0.1) is 11.5 Å². The number of halogens is 1. The van der Waals surface area contributed by atoms with Crippen LogP contribution in [0.3, 0.4) is 0 Å². The number of nitrogens with one attached hydrogen (secondary N) is 2. The SMILES string of the molecule is O=C(Nc1ccc(C(=O)NCC2CC2C(=O)O)c(F)c1)OCC1c2ccccc2-c2ccccc21. The quantitative estimate of drug-likeness (QED) is 0.463. The molecule has 2 unspecified atom stereocenters. The van der Waals surface area contributed by atoms with E-state index in [0.29, 0.717) is 6.42 Å². The Balaban J connectivity index is 1.18. The zero-order valence-electron chi connectivity index (χ0n) is 18.7. The fourth-order valence-electron chi connectivity index (χ4n) is 4.62. The van der Waals surface area contributed by atoms with Gasteiger partial charge in [-0.2, -0.15) is 0 Å². The van der Waals surface area contributed by atoms with E-state index in [1.54, 1.807) is 0 Å². The Kier molecular flexibility index (Phi) is 5.94. The van der Waals surface area contributed by atoms with Crippen LogP contribution in [0.4, 0.5) is 14.9 Å². The van der Waals surface area contributed by atoms with Gasteiger partial charge in [0.2, 0.25) is 0 Å². The van der Waals surface area contributed by atoms with Gasteiger partial charge in [0.25, 0.3) is 5.91 Å². The molecule has 5 rings (SSSR count). The van der Waals surface area contributed by atoms with Gasteiger partial charge in [0.15, 0.2) is 0 Å². The second-order valence-electron chi connectivity index (χ2n) is 8.80. The van der Waals surface area contributed by atoms with Crippen molar-refractivity contribution in [2.75, 3.05) is 18.5 Å². The minimum Gasteiger partial charge on any atom is -0.481 e. The molecule has 7 nitrogen and oxygen atoms in total. The first kappa shape index (κ1) is 22.6. The van der Waals surface area contributed by atoms with E-state index in [1.165, 1.54) is 12.1 Å². The number of carbonyl (C=O) groups excluding carboxylic acids is 2. The molecule has 0 aliphatic heterocycles. The third kappa shape index (κ3) is 4.59. The van der Waals surface area contributed by atoms with Crippen molar-refractivity contribution in [1.29, 1.82) is 0 Å². The number of aliphatic carboxylic acids is 1. The fourth-order valence-corrected chi connectivity index (χ4v) is 4.62. The molecule has 2 aliphatic carbocycles. The molecule has 3 aromatic rings. The van der Waals surface area contributed by atoms with Crippen LogP contribution in [-0.2, 0) is 9.53 Å². The smallest absolute Gasteiger partial charge is 0.411 e.